The number of rotatable bonds is 7. The fourth-order valence-corrected chi connectivity index (χ4v) is 4.45. The minimum Gasteiger partial charge on any atom is -0.372 e. The van der Waals surface area contributed by atoms with Gasteiger partial charge in [0.1, 0.15) is 5.82 Å². The van der Waals surface area contributed by atoms with Crippen molar-refractivity contribution in [2.24, 2.45) is 5.92 Å². The number of carbonyl (C=O) groups is 1. The van der Waals surface area contributed by atoms with Crippen LogP contribution in [0.4, 0.5) is 21.6 Å². The molecule has 1 aliphatic heterocycles. The highest BCUT2D eigenvalue weighted by atomic mass is 19.1. The minimum atomic E-state index is -0.271. The van der Waals surface area contributed by atoms with E-state index in [1.165, 1.54) is 17.8 Å². The smallest absolute Gasteiger partial charge is 0.227 e. The number of amides is 1. The van der Waals surface area contributed by atoms with Gasteiger partial charge in [0, 0.05) is 49.0 Å². The van der Waals surface area contributed by atoms with E-state index in [4.69, 9.17) is 0 Å². The van der Waals surface area contributed by atoms with Crippen LogP contribution in [0.25, 0.3) is 11.3 Å². The van der Waals surface area contributed by atoms with Crippen LogP contribution in [0.2, 0.25) is 0 Å². The monoisotopic (exact) mass is 461 g/mol. The van der Waals surface area contributed by atoms with Crippen molar-refractivity contribution in [3.8, 4) is 11.3 Å². The Kier molecular flexibility index (Phi) is 7.40. The highest BCUT2D eigenvalue weighted by Crippen LogP contribution is 2.27. The Bertz CT molecular complexity index is 1100. The zero-order chi connectivity index (χ0) is 24.1. The average molecular weight is 462 g/mol. The number of aromatic nitrogens is 2. The fraction of sp³-hybridized carbons (Fsp3) is 0.370. The van der Waals surface area contributed by atoms with Gasteiger partial charge >= 0.3 is 0 Å². The lowest BCUT2D eigenvalue weighted by Crippen LogP contribution is -2.38. The summed E-state index contributed by atoms with van der Waals surface area (Å²) in [6, 6.07) is 16.3. The standard InChI is InChI=1S/C27H32FN5O/c1-4-32(5-2)23-10-11-24(19(3)18-23)29-27(34)21-14-16-33(17-15-21)26-13-12-25(30-31-26)20-6-8-22(28)9-7-20/h6-13,18,21H,4-5,14-17H2,1-3H3,(H,29,34). The van der Waals surface area contributed by atoms with Gasteiger partial charge in [-0.2, -0.15) is 0 Å². The summed E-state index contributed by atoms with van der Waals surface area (Å²) in [4.78, 5) is 17.4. The third-order valence-electron chi connectivity index (χ3n) is 6.58. The molecule has 1 aromatic heterocycles. The molecular weight excluding hydrogens is 429 g/mol. The summed E-state index contributed by atoms with van der Waals surface area (Å²) < 4.78 is 13.1. The van der Waals surface area contributed by atoms with Crippen LogP contribution in [0, 0.1) is 18.7 Å². The molecule has 7 heteroatoms. The maximum atomic E-state index is 13.1. The van der Waals surface area contributed by atoms with Gasteiger partial charge in [0.15, 0.2) is 5.82 Å². The van der Waals surface area contributed by atoms with Crippen LogP contribution in [0.15, 0.2) is 54.6 Å². The van der Waals surface area contributed by atoms with E-state index in [0.717, 1.165) is 61.7 Å². The molecule has 4 rings (SSSR count). The van der Waals surface area contributed by atoms with Gasteiger partial charge in [-0.25, -0.2) is 4.39 Å². The van der Waals surface area contributed by atoms with E-state index in [2.05, 4.69) is 51.3 Å². The Morgan fingerprint density at radius 1 is 1.03 bits per heavy atom. The van der Waals surface area contributed by atoms with E-state index in [-0.39, 0.29) is 17.6 Å². The Morgan fingerprint density at radius 3 is 2.32 bits per heavy atom. The molecule has 1 aliphatic rings. The van der Waals surface area contributed by atoms with Crippen LogP contribution in [-0.2, 0) is 4.79 Å². The predicted molar refractivity (Wildman–Crippen MR) is 136 cm³/mol. The topological polar surface area (TPSA) is 61.4 Å². The number of halogens is 1. The lowest BCUT2D eigenvalue weighted by atomic mass is 9.95. The van der Waals surface area contributed by atoms with Crippen molar-refractivity contribution in [1.82, 2.24) is 10.2 Å². The lowest BCUT2D eigenvalue weighted by molar-refractivity contribution is -0.120. The first-order valence-corrected chi connectivity index (χ1v) is 12.0. The normalized spacial score (nSPS) is 14.2. The molecule has 178 valence electrons. The van der Waals surface area contributed by atoms with Crippen molar-refractivity contribution in [2.45, 2.75) is 33.6 Å². The molecule has 2 heterocycles. The molecular formula is C27H32FN5O. The SMILES string of the molecule is CCN(CC)c1ccc(NC(=O)C2CCN(c3ccc(-c4ccc(F)cc4)nn3)CC2)c(C)c1. The highest BCUT2D eigenvalue weighted by Gasteiger charge is 2.26. The number of piperidine rings is 1. The summed E-state index contributed by atoms with van der Waals surface area (Å²) in [5, 5.41) is 11.8. The number of hydrogen-bond donors (Lipinski definition) is 1. The van der Waals surface area contributed by atoms with Crippen molar-refractivity contribution in [1.29, 1.82) is 0 Å². The molecule has 0 spiro atoms. The highest BCUT2D eigenvalue weighted by molar-refractivity contribution is 5.93. The second-order valence-corrected chi connectivity index (χ2v) is 8.71. The van der Waals surface area contributed by atoms with E-state index >= 15 is 0 Å². The molecule has 2 aromatic carbocycles. The van der Waals surface area contributed by atoms with E-state index in [0.29, 0.717) is 5.69 Å². The van der Waals surface area contributed by atoms with Crippen LogP contribution < -0.4 is 15.1 Å². The van der Waals surface area contributed by atoms with Gasteiger partial charge in [-0.05, 0) is 93.8 Å². The third kappa shape index (κ3) is 5.35. The average Bonchev–Trinajstić information content (AvgIpc) is 2.87. The number of nitrogens with one attached hydrogen (secondary N) is 1. The second-order valence-electron chi connectivity index (χ2n) is 8.71. The summed E-state index contributed by atoms with van der Waals surface area (Å²) in [7, 11) is 0. The summed E-state index contributed by atoms with van der Waals surface area (Å²) in [6.07, 6.45) is 1.54. The number of hydrogen-bond acceptors (Lipinski definition) is 5. The number of anilines is 3. The third-order valence-corrected chi connectivity index (χ3v) is 6.58. The Hall–Kier alpha value is -3.48. The minimum absolute atomic E-state index is 0.0236. The van der Waals surface area contributed by atoms with Gasteiger partial charge in [0.05, 0.1) is 5.69 Å². The van der Waals surface area contributed by atoms with E-state index in [9.17, 15) is 9.18 Å². The number of aryl methyl sites for hydroxylation is 1. The molecule has 0 unspecified atom stereocenters. The molecule has 0 bridgehead atoms. The van der Waals surface area contributed by atoms with Gasteiger partial charge in [-0.1, -0.05) is 0 Å². The molecule has 1 N–H and O–H groups in total. The molecule has 0 saturated carbocycles. The van der Waals surface area contributed by atoms with Gasteiger partial charge in [-0.3, -0.25) is 4.79 Å². The molecule has 1 saturated heterocycles. The summed E-state index contributed by atoms with van der Waals surface area (Å²) >= 11 is 0. The van der Waals surface area contributed by atoms with Crippen LogP contribution >= 0.6 is 0 Å². The van der Waals surface area contributed by atoms with Gasteiger partial charge < -0.3 is 15.1 Å². The van der Waals surface area contributed by atoms with Gasteiger partial charge in [0.2, 0.25) is 5.91 Å². The molecule has 0 aliphatic carbocycles. The van der Waals surface area contributed by atoms with Crippen molar-refractivity contribution in [2.75, 3.05) is 41.3 Å². The predicted octanol–water partition coefficient (Wildman–Crippen LogP) is 5.29. The Balaban J connectivity index is 1.33. The van der Waals surface area contributed by atoms with Gasteiger partial charge in [-0.15, -0.1) is 10.2 Å². The molecule has 1 fully saturated rings. The fourth-order valence-electron chi connectivity index (χ4n) is 4.45. The number of benzene rings is 2. The Labute approximate surface area is 200 Å². The first-order valence-electron chi connectivity index (χ1n) is 12.0. The molecule has 6 nitrogen and oxygen atoms in total. The summed E-state index contributed by atoms with van der Waals surface area (Å²) in [6.45, 7) is 9.75. The van der Waals surface area contributed by atoms with E-state index in [1.54, 1.807) is 12.1 Å². The molecule has 1 amide bonds. The quantitative estimate of drug-likeness (QED) is 0.518. The van der Waals surface area contributed by atoms with Crippen molar-refractivity contribution < 1.29 is 9.18 Å². The number of carbonyl (C=O) groups excluding carboxylic acids is 1. The molecule has 0 radical (unpaired) electrons. The zero-order valence-corrected chi connectivity index (χ0v) is 20.1. The first kappa shape index (κ1) is 23.7. The maximum absolute atomic E-state index is 13.1. The van der Waals surface area contributed by atoms with Crippen molar-refractivity contribution in [3.05, 3.63) is 66.0 Å². The summed E-state index contributed by atoms with van der Waals surface area (Å²) in [5.41, 5.74) is 4.68. The maximum Gasteiger partial charge on any atom is 0.227 e. The largest absolute Gasteiger partial charge is 0.372 e. The lowest BCUT2D eigenvalue weighted by Gasteiger charge is -2.32. The Morgan fingerprint density at radius 2 is 1.74 bits per heavy atom. The van der Waals surface area contributed by atoms with Crippen LogP contribution in [0.5, 0.6) is 0 Å². The first-order chi connectivity index (χ1) is 16.5. The second kappa shape index (κ2) is 10.6. The van der Waals surface area contributed by atoms with Crippen LogP contribution in [0.1, 0.15) is 32.3 Å². The van der Waals surface area contributed by atoms with E-state index in [1.807, 2.05) is 25.1 Å². The molecule has 3 aromatic rings. The molecule has 34 heavy (non-hydrogen) atoms. The van der Waals surface area contributed by atoms with Crippen LogP contribution in [-0.4, -0.2) is 42.3 Å². The zero-order valence-electron chi connectivity index (χ0n) is 20.1. The summed E-state index contributed by atoms with van der Waals surface area (Å²) in [5.74, 6) is 0.584. The van der Waals surface area contributed by atoms with Crippen LogP contribution in [0.3, 0.4) is 0 Å². The van der Waals surface area contributed by atoms with Gasteiger partial charge in [0.25, 0.3) is 0 Å². The van der Waals surface area contributed by atoms with Crippen molar-refractivity contribution in [3.63, 3.8) is 0 Å². The molecule has 0 atom stereocenters. The van der Waals surface area contributed by atoms with E-state index < -0.39 is 0 Å². The number of nitrogens with zero attached hydrogens (tertiary/aromatic N) is 4. The van der Waals surface area contributed by atoms with Crippen molar-refractivity contribution >= 4 is 23.1 Å².